The van der Waals surface area contributed by atoms with Gasteiger partial charge in [0.05, 0.1) is 31.9 Å². The van der Waals surface area contributed by atoms with Crippen molar-refractivity contribution in [2.45, 2.75) is 6.92 Å². The summed E-state index contributed by atoms with van der Waals surface area (Å²) in [5.74, 6) is 1.45. The first-order valence-corrected chi connectivity index (χ1v) is 11.2. The summed E-state index contributed by atoms with van der Waals surface area (Å²) in [7, 11) is 4.70. The monoisotopic (exact) mass is 473 g/mol. The molecule has 0 bridgehead atoms. The van der Waals surface area contributed by atoms with E-state index in [4.69, 9.17) is 19.2 Å². The maximum absolute atomic E-state index is 12.6. The highest BCUT2D eigenvalue weighted by Crippen LogP contribution is 2.44. The third-order valence-corrected chi connectivity index (χ3v) is 6.19. The molecular weight excluding hydrogens is 450 g/mol. The standard InChI is InChI=1S/C26H23N3O4S/c1-16-5-7-17(8-6-16)20(30)9-10-23-29-24(26(34-23)19-13-27-15-28-14-19)18-11-21(31-2)25(33-4)22(12-18)32-3/h5-15H,1-4H3/b10-9+. The summed E-state index contributed by atoms with van der Waals surface area (Å²) in [5.41, 5.74) is 4.01. The molecule has 0 amide bonds. The van der Waals surface area contributed by atoms with Gasteiger partial charge in [0.25, 0.3) is 0 Å². The van der Waals surface area contributed by atoms with Crippen LogP contribution in [0, 0.1) is 6.92 Å². The lowest BCUT2D eigenvalue weighted by Crippen LogP contribution is -1.96. The van der Waals surface area contributed by atoms with Crippen molar-refractivity contribution in [3.8, 4) is 38.9 Å². The average molecular weight is 474 g/mol. The van der Waals surface area contributed by atoms with Crippen LogP contribution in [0.5, 0.6) is 17.2 Å². The van der Waals surface area contributed by atoms with Crippen LogP contribution < -0.4 is 14.2 Å². The number of rotatable bonds is 8. The summed E-state index contributed by atoms with van der Waals surface area (Å²) in [6.45, 7) is 1.99. The molecule has 2 aromatic carbocycles. The number of aryl methyl sites for hydroxylation is 1. The van der Waals surface area contributed by atoms with E-state index in [1.54, 1.807) is 39.8 Å². The van der Waals surface area contributed by atoms with Gasteiger partial charge in [-0.3, -0.25) is 4.79 Å². The predicted octanol–water partition coefficient (Wildman–Crippen LogP) is 5.50. The third-order valence-electron chi connectivity index (χ3n) is 5.12. The molecule has 0 saturated heterocycles. The molecule has 0 saturated carbocycles. The van der Waals surface area contributed by atoms with Gasteiger partial charge in [0.2, 0.25) is 5.75 Å². The Labute approximate surface area is 201 Å². The highest BCUT2D eigenvalue weighted by atomic mass is 32.1. The number of carbonyl (C=O) groups excluding carboxylic acids is 1. The van der Waals surface area contributed by atoms with Crippen molar-refractivity contribution in [2.24, 2.45) is 0 Å². The van der Waals surface area contributed by atoms with Gasteiger partial charge in [0.1, 0.15) is 11.3 Å². The van der Waals surface area contributed by atoms with Crippen LogP contribution in [-0.4, -0.2) is 42.1 Å². The van der Waals surface area contributed by atoms with Crippen molar-refractivity contribution in [3.05, 3.63) is 77.3 Å². The minimum atomic E-state index is -0.0888. The lowest BCUT2D eigenvalue weighted by Gasteiger charge is -2.14. The first kappa shape index (κ1) is 23.1. The molecule has 0 atom stereocenters. The molecule has 8 heteroatoms. The van der Waals surface area contributed by atoms with E-state index < -0.39 is 0 Å². The van der Waals surface area contributed by atoms with E-state index in [9.17, 15) is 4.79 Å². The largest absolute Gasteiger partial charge is 0.493 e. The van der Waals surface area contributed by atoms with Gasteiger partial charge in [-0.05, 0) is 31.2 Å². The zero-order chi connectivity index (χ0) is 24.1. The number of ether oxygens (including phenoxy) is 3. The number of ketones is 1. The van der Waals surface area contributed by atoms with Gasteiger partial charge in [-0.2, -0.15) is 0 Å². The summed E-state index contributed by atoms with van der Waals surface area (Å²) < 4.78 is 16.5. The molecule has 2 heterocycles. The van der Waals surface area contributed by atoms with E-state index in [2.05, 4.69) is 9.97 Å². The van der Waals surface area contributed by atoms with Gasteiger partial charge in [-0.1, -0.05) is 29.8 Å². The molecule has 0 fully saturated rings. The van der Waals surface area contributed by atoms with E-state index in [0.717, 1.165) is 21.6 Å². The van der Waals surface area contributed by atoms with Gasteiger partial charge >= 0.3 is 0 Å². The number of methoxy groups -OCH3 is 3. The molecular formula is C26H23N3O4S. The Morgan fingerprint density at radius 1 is 0.912 bits per heavy atom. The molecule has 34 heavy (non-hydrogen) atoms. The summed E-state index contributed by atoms with van der Waals surface area (Å²) in [6.07, 6.45) is 8.19. The lowest BCUT2D eigenvalue weighted by atomic mass is 10.1. The van der Waals surface area contributed by atoms with Crippen LogP contribution in [0.3, 0.4) is 0 Å². The van der Waals surface area contributed by atoms with Gasteiger partial charge in [-0.15, -0.1) is 11.3 Å². The van der Waals surface area contributed by atoms with Crippen molar-refractivity contribution < 1.29 is 19.0 Å². The second-order valence-corrected chi connectivity index (χ2v) is 8.37. The van der Waals surface area contributed by atoms with Gasteiger partial charge in [0, 0.05) is 29.1 Å². The van der Waals surface area contributed by atoms with E-state index >= 15 is 0 Å². The van der Waals surface area contributed by atoms with E-state index in [1.165, 1.54) is 23.7 Å². The molecule has 0 aliphatic rings. The minimum Gasteiger partial charge on any atom is -0.493 e. The van der Waals surface area contributed by atoms with Crippen molar-refractivity contribution in [1.82, 2.24) is 15.0 Å². The second-order valence-electron chi connectivity index (χ2n) is 7.33. The fourth-order valence-corrected chi connectivity index (χ4v) is 4.36. The predicted molar refractivity (Wildman–Crippen MR) is 133 cm³/mol. The van der Waals surface area contributed by atoms with Crippen LogP contribution in [0.25, 0.3) is 27.8 Å². The fourth-order valence-electron chi connectivity index (χ4n) is 3.39. The van der Waals surface area contributed by atoms with Crippen LogP contribution in [0.1, 0.15) is 20.9 Å². The van der Waals surface area contributed by atoms with Gasteiger partial charge in [-0.25, -0.2) is 15.0 Å². The smallest absolute Gasteiger partial charge is 0.203 e. The van der Waals surface area contributed by atoms with Crippen LogP contribution in [0.2, 0.25) is 0 Å². The molecule has 0 radical (unpaired) electrons. The number of hydrogen-bond donors (Lipinski definition) is 0. The zero-order valence-electron chi connectivity index (χ0n) is 19.2. The van der Waals surface area contributed by atoms with Crippen LogP contribution in [0.4, 0.5) is 0 Å². The quantitative estimate of drug-likeness (QED) is 0.247. The second kappa shape index (κ2) is 10.3. The SMILES string of the molecule is COc1cc(-c2nc(/C=C/C(=O)c3ccc(C)cc3)sc2-c2cncnc2)cc(OC)c1OC. The normalized spacial score (nSPS) is 10.9. The maximum atomic E-state index is 12.6. The third kappa shape index (κ3) is 4.82. The molecule has 4 rings (SSSR count). The number of aromatic nitrogens is 3. The number of hydrogen-bond acceptors (Lipinski definition) is 8. The van der Waals surface area contributed by atoms with E-state index in [-0.39, 0.29) is 5.78 Å². The van der Waals surface area contributed by atoms with Crippen molar-refractivity contribution >= 4 is 23.2 Å². The van der Waals surface area contributed by atoms with Crippen LogP contribution in [0.15, 0.2) is 61.2 Å². The van der Waals surface area contributed by atoms with Crippen molar-refractivity contribution in [1.29, 1.82) is 0 Å². The highest BCUT2D eigenvalue weighted by molar-refractivity contribution is 7.16. The topological polar surface area (TPSA) is 83.4 Å². The summed E-state index contributed by atoms with van der Waals surface area (Å²) >= 11 is 1.44. The molecule has 0 unspecified atom stereocenters. The van der Waals surface area contributed by atoms with E-state index in [1.807, 2.05) is 43.3 Å². The Morgan fingerprint density at radius 3 is 2.15 bits per heavy atom. The number of carbonyl (C=O) groups is 1. The van der Waals surface area contributed by atoms with Gasteiger partial charge < -0.3 is 14.2 Å². The number of benzene rings is 2. The molecule has 7 nitrogen and oxygen atoms in total. The zero-order valence-corrected chi connectivity index (χ0v) is 20.1. The minimum absolute atomic E-state index is 0.0888. The Bertz CT molecular complexity index is 1310. The molecule has 0 aliphatic heterocycles. The summed E-state index contributed by atoms with van der Waals surface area (Å²) in [4.78, 5) is 26.6. The molecule has 172 valence electrons. The highest BCUT2D eigenvalue weighted by Gasteiger charge is 2.20. The van der Waals surface area contributed by atoms with Crippen molar-refractivity contribution in [3.63, 3.8) is 0 Å². The first-order valence-electron chi connectivity index (χ1n) is 10.4. The average Bonchev–Trinajstić information content (AvgIpc) is 3.31. The lowest BCUT2D eigenvalue weighted by molar-refractivity contribution is 0.104. The number of allylic oxidation sites excluding steroid dienone is 1. The fraction of sp³-hybridized carbons (Fsp3) is 0.154. The van der Waals surface area contributed by atoms with Crippen LogP contribution >= 0.6 is 11.3 Å². The number of nitrogens with zero attached hydrogens (tertiary/aromatic N) is 3. The maximum Gasteiger partial charge on any atom is 0.203 e. The van der Waals surface area contributed by atoms with Gasteiger partial charge in [0.15, 0.2) is 17.3 Å². The van der Waals surface area contributed by atoms with Crippen molar-refractivity contribution in [2.75, 3.05) is 21.3 Å². The van der Waals surface area contributed by atoms with E-state index in [0.29, 0.717) is 33.5 Å². The Morgan fingerprint density at radius 2 is 1.56 bits per heavy atom. The Hall–Kier alpha value is -4.04. The molecule has 2 aromatic heterocycles. The molecule has 0 aliphatic carbocycles. The number of thiazole rings is 1. The molecule has 0 N–H and O–H groups in total. The van der Waals surface area contributed by atoms with Crippen LogP contribution in [-0.2, 0) is 0 Å². The molecule has 4 aromatic rings. The first-order chi connectivity index (χ1) is 16.5. The summed E-state index contributed by atoms with van der Waals surface area (Å²) in [6, 6.07) is 11.2. The Balaban J connectivity index is 1.78. The summed E-state index contributed by atoms with van der Waals surface area (Å²) in [5, 5.41) is 0.670. The Kier molecular flexibility index (Phi) is 6.98. The molecule has 0 spiro atoms.